The first-order chi connectivity index (χ1) is 11.2. The summed E-state index contributed by atoms with van der Waals surface area (Å²) in [6.07, 6.45) is 6.77. The van der Waals surface area contributed by atoms with Crippen molar-refractivity contribution in [1.82, 2.24) is 20.2 Å². The Morgan fingerprint density at radius 3 is 2.91 bits per heavy atom. The van der Waals surface area contributed by atoms with Crippen LogP contribution in [-0.2, 0) is 24.2 Å². The van der Waals surface area contributed by atoms with Crippen LogP contribution >= 0.6 is 0 Å². The molecule has 0 bridgehead atoms. The molecule has 0 radical (unpaired) electrons. The van der Waals surface area contributed by atoms with Crippen LogP contribution in [0.15, 0.2) is 42.9 Å². The molecule has 0 aliphatic carbocycles. The molecular weight excluding hydrogens is 288 g/mol. The number of aromatic nitrogens is 2. The van der Waals surface area contributed by atoms with Crippen LogP contribution < -0.4 is 5.32 Å². The zero-order valence-electron chi connectivity index (χ0n) is 13.4. The molecule has 3 rings (SSSR count). The molecule has 5 nitrogen and oxygen atoms in total. The lowest BCUT2D eigenvalue weighted by molar-refractivity contribution is -0.126. The third kappa shape index (κ3) is 3.93. The smallest absolute Gasteiger partial charge is 0.237 e. The third-order valence-corrected chi connectivity index (χ3v) is 4.38. The molecule has 1 aromatic heterocycles. The largest absolute Gasteiger partial charge is 0.354 e. The van der Waals surface area contributed by atoms with E-state index in [1.165, 1.54) is 11.1 Å². The number of nitrogens with zero attached hydrogens (tertiary/aromatic N) is 3. The number of hydrogen-bond donors (Lipinski definition) is 1. The molecule has 1 amide bonds. The topological polar surface area (TPSA) is 58.1 Å². The van der Waals surface area contributed by atoms with Crippen molar-refractivity contribution in [2.75, 3.05) is 13.1 Å². The Kier molecular flexibility index (Phi) is 4.98. The van der Waals surface area contributed by atoms with Gasteiger partial charge in [0.25, 0.3) is 0 Å². The van der Waals surface area contributed by atoms with Gasteiger partial charge in [0.1, 0.15) is 0 Å². The first kappa shape index (κ1) is 15.6. The van der Waals surface area contributed by atoms with Gasteiger partial charge in [-0.25, -0.2) is 0 Å². The third-order valence-electron chi connectivity index (χ3n) is 4.38. The average Bonchev–Trinajstić information content (AvgIpc) is 2.61. The van der Waals surface area contributed by atoms with Gasteiger partial charge in [-0.2, -0.15) is 0 Å². The number of rotatable bonds is 5. The zero-order chi connectivity index (χ0) is 16.1. The molecule has 2 aromatic rings. The maximum Gasteiger partial charge on any atom is 0.237 e. The summed E-state index contributed by atoms with van der Waals surface area (Å²) in [5.74, 6) is 0.0771. The molecule has 120 valence electrons. The normalized spacial score (nSPS) is 15.7. The van der Waals surface area contributed by atoms with Crippen LogP contribution in [-0.4, -0.2) is 39.9 Å². The lowest BCUT2D eigenvalue weighted by Gasteiger charge is -2.32. The van der Waals surface area contributed by atoms with Gasteiger partial charge in [-0.05, 0) is 24.5 Å². The predicted molar refractivity (Wildman–Crippen MR) is 88.8 cm³/mol. The Morgan fingerprint density at radius 2 is 2.13 bits per heavy atom. The molecule has 0 unspecified atom stereocenters. The van der Waals surface area contributed by atoms with Crippen LogP contribution in [0.5, 0.6) is 0 Å². The number of fused-ring (bicyclic) bond motifs is 1. The van der Waals surface area contributed by atoms with E-state index >= 15 is 0 Å². The average molecular weight is 310 g/mol. The van der Waals surface area contributed by atoms with E-state index in [0.29, 0.717) is 13.0 Å². The van der Waals surface area contributed by atoms with Crippen LogP contribution in [0, 0.1) is 0 Å². The Balaban J connectivity index is 1.50. The van der Waals surface area contributed by atoms with Crippen molar-refractivity contribution in [1.29, 1.82) is 0 Å². The summed E-state index contributed by atoms with van der Waals surface area (Å²) in [7, 11) is 0. The standard InChI is InChI=1S/C18H22N4O/c1-14(18(23)21-8-6-17-12-19-9-10-20-17)22-11-7-15-4-2-3-5-16(15)13-22/h2-5,9-10,12,14H,6-8,11,13H2,1H3,(H,21,23)/t14-/m1/s1. The number of amides is 1. The summed E-state index contributed by atoms with van der Waals surface area (Å²) in [5, 5.41) is 3.00. The molecule has 1 aliphatic heterocycles. The second-order valence-electron chi connectivity index (χ2n) is 5.90. The highest BCUT2D eigenvalue weighted by Gasteiger charge is 2.24. The maximum atomic E-state index is 12.4. The van der Waals surface area contributed by atoms with Gasteiger partial charge < -0.3 is 5.32 Å². The molecule has 0 saturated heterocycles. The van der Waals surface area contributed by atoms with Crippen LogP contribution in [0.1, 0.15) is 23.7 Å². The van der Waals surface area contributed by atoms with E-state index in [1.54, 1.807) is 18.6 Å². The van der Waals surface area contributed by atoms with Crippen LogP contribution in [0.4, 0.5) is 0 Å². The predicted octanol–water partition coefficient (Wildman–Crippen LogP) is 1.58. The number of carbonyl (C=O) groups is 1. The summed E-state index contributed by atoms with van der Waals surface area (Å²) >= 11 is 0. The minimum atomic E-state index is -0.120. The van der Waals surface area contributed by atoms with E-state index in [0.717, 1.165) is 25.2 Å². The molecule has 5 heteroatoms. The van der Waals surface area contributed by atoms with Crippen LogP contribution in [0.3, 0.4) is 0 Å². The van der Waals surface area contributed by atoms with E-state index in [1.807, 2.05) is 6.92 Å². The van der Waals surface area contributed by atoms with E-state index < -0.39 is 0 Å². The summed E-state index contributed by atoms with van der Waals surface area (Å²) in [5.41, 5.74) is 3.63. The second kappa shape index (κ2) is 7.33. The van der Waals surface area contributed by atoms with Crippen LogP contribution in [0.2, 0.25) is 0 Å². The van der Waals surface area contributed by atoms with Gasteiger partial charge in [-0.15, -0.1) is 0 Å². The van der Waals surface area contributed by atoms with Gasteiger partial charge in [-0.3, -0.25) is 19.7 Å². The molecule has 1 aromatic carbocycles. The van der Waals surface area contributed by atoms with Crippen LogP contribution in [0.25, 0.3) is 0 Å². The fourth-order valence-electron chi connectivity index (χ4n) is 2.93. The molecule has 0 spiro atoms. The lowest BCUT2D eigenvalue weighted by atomic mass is 9.99. The Labute approximate surface area is 136 Å². The second-order valence-corrected chi connectivity index (χ2v) is 5.90. The molecule has 1 aliphatic rings. The molecule has 1 N–H and O–H groups in total. The monoisotopic (exact) mass is 310 g/mol. The van der Waals surface area contributed by atoms with Crippen molar-refractivity contribution >= 4 is 5.91 Å². The highest BCUT2D eigenvalue weighted by atomic mass is 16.2. The van der Waals surface area contributed by atoms with Crippen molar-refractivity contribution in [3.05, 3.63) is 59.7 Å². The summed E-state index contributed by atoms with van der Waals surface area (Å²) in [6.45, 7) is 4.34. The quantitative estimate of drug-likeness (QED) is 0.911. The summed E-state index contributed by atoms with van der Waals surface area (Å²) < 4.78 is 0. The van der Waals surface area contributed by atoms with Gasteiger partial charge in [0.05, 0.1) is 11.7 Å². The fourth-order valence-corrected chi connectivity index (χ4v) is 2.93. The first-order valence-electron chi connectivity index (χ1n) is 8.07. The molecule has 2 heterocycles. The molecule has 23 heavy (non-hydrogen) atoms. The maximum absolute atomic E-state index is 12.4. The van der Waals surface area contributed by atoms with Gasteiger partial charge in [0, 0.05) is 44.6 Å². The number of hydrogen-bond acceptors (Lipinski definition) is 4. The molecule has 1 atom stereocenters. The van der Waals surface area contributed by atoms with Gasteiger partial charge >= 0.3 is 0 Å². The van der Waals surface area contributed by atoms with Crippen molar-refractivity contribution in [2.24, 2.45) is 0 Å². The Morgan fingerprint density at radius 1 is 1.30 bits per heavy atom. The number of benzene rings is 1. The lowest BCUT2D eigenvalue weighted by Crippen LogP contribution is -2.47. The highest BCUT2D eigenvalue weighted by molar-refractivity contribution is 5.81. The zero-order valence-corrected chi connectivity index (χ0v) is 13.4. The Hall–Kier alpha value is -2.27. The van der Waals surface area contributed by atoms with Crippen molar-refractivity contribution in [2.45, 2.75) is 32.4 Å². The van der Waals surface area contributed by atoms with Gasteiger partial charge in [-0.1, -0.05) is 24.3 Å². The minimum absolute atomic E-state index is 0.0771. The fraction of sp³-hybridized carbons (Fsp3) is 0.389. The van der Waals surface area contributed by atoms with Crippen molar-refractivity contribution < 1.29 is 4.79 Å². The van der Waals surface area contributed by atoms with E-state index in [9.17, 15) is 4.79 Å². The van der Waals surface area contributed by atoms with E-state index in [2.05, 4.69) is 44.5 Å². The highest BCUT2D eigenvalue weighted by Crippen LogP contribution is 2.20. The number of nitrogens with one attached hydrogen (secondary N) is 1. The van der Waals surface area contributed by atoms with E-state index in [-0.39, 0.29) is 11.9 Å². The van der Waals surface area contributed by atoms with Crippen molar-refractivity contribution in [3.63, 3.8) is 0 Å². The van der Waals surface area contributed by atoms with Crippen molar-refractivity contribution in [3.8, 4) is 0 Å². The summed E-state index contributed by atoms with van der Waals surface area (Å²) in [4.78, 5) is 22.8. The van der Waals surface area contributed by atoms with Gasteiger partial charge in [0.15, 0.2) is 0 Å². The SMILES string of the molecule is C[C@H](C(=O)NCCc1cnccn1)N1CCc2ccccc2C1. The molecular formula is C18H22N4O. The number of carbonyl (C=O) groups excluding carboxylic acids is 1. The Bertz CT molecular complexity index is 659. The first-order valence-corrected chi connectivity index (χ1v) is 8.07. The van der Waals surface area contributed by atoms with E-state index in [4.69, 9.17) is 0 Å². The molecule has 0 fully saturated rings. The van der Waals surface area contributed by atoms with Gasteiger partial charge in [0.2, 0.25) is 5.91 Å². The summed E-state index contributed by atoms with van der Waals surface area (Å²) in [6, 6.07) is 8.36. The minimum Gasteiger partial charge on any atom is -0.354 e. The molecule has 0 saturated carbocycles.